The third-order valence-electron chi connectivity index (χ3n) is 6.51. The van der Waals surface area contributed by atoms with E-state index in [1.165, 1.54) is 37.1 Å². The summed E-state index contributed by atoms with van der Waals surface area (Å²) >= 11 is 0. The highest BCUT2D eigenvalue weighted by Gasteiger charge is 2.33. The molecule has 0 radical (unpaired) electrons. The van der Waals surface area contributed by atoms with Gasteiger partial charge in [0, 0.05) is 31.9 Å². The van der Waals surface area contributed by atoms with Crippen LogP contribution in [-0.2, 0) is 0 Å². The van der Waals surface area contributed by atoms with Gasteiger partial charge in [-0.15, -0.1) is 0 Å². The van der Waals surface area contributed by atoms with Crippen molar-refractivity contribution in [1.82, 2.24) is 19.2 Å². The minimum atomic E-state index is 0.359. The summed E-state index contributed by atoms with van der Waals surface area (Å²) in [4.78, 5) is 10.2. The Morgan fingerprint density at radius 3 is 2.57 bits per heavy atom. The van der Waals surface area contributed by atoms with Crippen molar-refractivity contribution in [3.8, 4) is 17.0 Å². The largest absolute Gasteiger partial charge is 0.497 e. The molecule has 0 spiro atoms. The van der Waals surface area contributed by atoms with Gasteiger partial charge in [0.05, 0.1) is 24.5 Å². The SMILES string of the molecule is COc1ccc(-c2cccc3nc(C4CN(C5CCC5)CCN4C)cn23)cc1. The van der Waals surface area contributed by atoms with E-state index < -0.39 is 0 Å². The van der Waals surface area contributed by atoms with Gasteiger partial charge in [-0.05, 0) is 61.9 Å². The molecule has 1 unspecified atom stereocenters. The fourth-order valence-electron chi connectivity index (χ4n) is 4.48. The van der Waals surface area contributed by atoms with Crippen LogP contribution in [0.4, 0.5) is 0 Å². The topological polar surface area (TPSA) is 33.0 Å². The maximum Gasteiger partial charge on any atom is 0.137 e. The van der Waals surface area contributed by atoms with Crippen LogP contribution >= 0.6 is 0 Å². The number of fused-ring (bicyclic) bond motifs is 1. The molecule has 0 amide bonds. The molecular formula is C23H28N4O. The summed E-state index contributed by atoms with van der Waals surface area (Å²) in [5.41, 5.74) is 4.52. The van der Waals surface area contributed by atoms with Crippen molar-refractivity contribution < 1.29 is 4.74 Å². The van der Waals surface area contributed by atoms with Gasteiger partial charge in [0.2, 0.25) is 0 Å². The number of imidazole rings is 1. The third-order valence-corrected chi connectivity index (χ3v) is 6.51. The van der Waals surface area contributed by atoms with E-state index in [0.29, 0.717) is 6.04 Å². The second kappa shape index (κ2) is 7.22. The van der Waals surface area contributed by atoms with Crippen molar-refractivity contribution in [3.05, 3.63) is 54.4 Å². The van der Waals surface area contributed by atoms with Crippen LogP contribution in [0.15, 0.2) is 48.7 Å². The lowest BCUT2D eigenvalue weighted by Crippen LogP contribution is -2.52. The molecule has 1 atom stereocenters. The molecule has 2 aliphatic rings. The molecule has 2 aromatic heterocycles. The highest BCUT2D eigenvalue weighted by atomic mass is 16.5. The molecule has 28 heavy (non-hydrogen) atoms. The second-order valence-electron chi connectivity index (χ2n) is 8.11. The van der Waals surface area contributed by atoms with Crippen molar-refractivity contribution in [3.63, 3.8) is 0 Å². The van der Waals surface area contributed by atoms with Gasteiger partial charge >= 0.3 is 0 Å². The van der Waals surface area contributed by atoms with Gasteiger partial charge in [0.15, 0.2) is 0 Å². The Labute approximate surface area is 166 Å². The molecule has 3 heterocycles. The minimum absolute atomic E-state index is 0.359. The number of methoxy groups -OCH3 is 1. The molecule has 146 valence electrons. The zero-order valence-electron chi connectivity index (χ0n) is 16.7. The van der Waals surface area contributed by atoms with Gasteiger partial charge in [0.25, 0.3) is 0 Å². The predicted octanol–water partition coefficient (Wildman–Crippen LogP) is 3.85. The van der Waals surface area contributed by atoms with E-state index in [1.54, 1.807) is 7.11 Å². The van der Waals surface area contributed by atoms with Gasteiger partial charge in [-0.1, -0.05) is 12.5 Å². The lowest BCUT2D eigenvalue weighted by molar-refractivity contribution is 0.0344. The zero-order valence-corrected chi connectivity index (χ0v) is 16.7. The summed E-state index contributed by atoms with van der Waals surface area (Å²) < 4.78 is 7.53. The number of ether oxygens (including phenoxy) is 1. The highest BCUT2D eigenvalue weighted by molar-refractivity contribution is 5.64. The first-order valence-electron chi connectivity index (χ1n) is 10.3. The average Bonchev–Trinajstić information content (AvgIpc) is 3.12. The Balaban J connectivity index is 1.48. The van der Waals surface area contributed by atoms with Crippen molar-refractivity contribution in [2.24, 2.45) is 0 Å². The Morgan fingerprint density at radius 2 is 1.86 bits per heavy atom. The minimum Gasteiger partial charge on any atom is -0.497 e. The summed E-state index contributed by atoms with van der Waals surface area (Å²) in [6.45, 7) is 3.38. The van der Waals surface area contributed by atoms with Crippen LogP contribution in [0.1, 0.15) is 31.0 Å². The van der Waals surface area contributed by atoms with E-state index in [4.69, 9.17) is 9.72 Å². The molecular weight excluding hydrogens is 348 g/mol. The van der Waals surface area contributed by atoms with E-state index in [2.05, 4.69) is 57.8 Å². The number of rotatable bonds is 4. The Hall–Kier alpha value is -2.37. The van der Waals surface area contributed by atoms with Crippen LogP contribution in [0, 0.1) is 0 Å². The molecule has 3 aromatic rings. The van der Waals surface area contributed by atoms with E-state index in [-0.39, 0.29) is 0 Å². The number of nitrogens with zero attached hydrogens (tertiary/aromatic N) is 4. The lowest BCUT2D eigenvalue weighted by atomic mass is 9.90. The molecule has 1 aliphatic heterocycles. The number of hydrogen-bond donors (Lipinski definition) is 0. The first-order chi connectivity index (χ1) is 13.7. The van der Waals surface area contributed by atoms with Gasteiger partial charge in [0.1, 0.15) is 11.4 Å². The van der Waals surface area contributed by atoms with E-state index in [9.17, 15) is 0 Å². The molecule has 1 saturated heterocycles. The Bertz CT molecular complexity index is 960. The number of piperazine rings is 1. The smallest absolute Gasteiger partial charge is 0.137 e. The number of hydrogen-bond acceptors (Lipinski definition) is 4. The van der Waals surface area contributed by atoms with Gasteiger partial charge in [-0.25, -0.2) is 4.98 Å². The molecule has 2 fully saturated rings. The number of likely N-dealkylation sites (N-methyl/N-ethyl adjacent to an activating group) is 1. The van der Waals surface area contributed by atoms with E-state index >= 15 is 0 Å². The van der Waals surface area contributed by atoms with Crippen molar-refractivity contribution in [2.45, 2.75) is 31.3 Å². The monoisotopic (exact) mass is 376 g/mol. The molecule has 1 saturated carbocycles. The fourth-order valence-corrected chi connectivity index (χ4v) is 4.48. The first kappa shape index (κ1) is 17.7. The van der Waals surface area contributed by atoms with E-state index in [0.717, 1.165) is 36.2 Å². The first-order valence-corrected chi connectivity index (χ1v) is 10.3. The van der Waals surface area contributed by atoms with Gasteiger partial charge in [-0.2, -0.15) is 0 Å². The number of aromatic nitrogens is 2. The molecule has 1 aliphatic carbocycles. The van der Waals surface area contributed by atoms with Crippen LogP contribution < -0.4 is 4.74 Å². The average molecular weight is 377 g/mol. The molecule has 5 heteroatoms. The molecule has 5 rings (SSSR count). The zero-order chi connectivity index (χ0) is 19.1. The maximum absolute atomic E-state index is 5.30. The van der Waals surface area contributed by atoms with Crippen molar-refractivity contribution in [2.75, 3.05) is 33.8 Å². The standard InChI is InChI=1S/C23H28N4O/c1-25-13-14-26(18-5-3-6-18)16-22(25)20-15-27-21(7-4-8-23(27)24-20)17-9-11-19(28-2)12-10-17/h4,7-12,15,18,22H,3,5-6,13-14,16H2,1-2H3. The highest BCUT2D eigenvalue weighted by Crippen LogP contribution is 2.32. The normalized spacial score (nSPS) is 21.7. The Morgan fingerprint density at radius 1 is 1.04 bits per heavy atom. The summed E-state index contributed by atoms with van der Waals surface area (Å²) in [6.07, 6.45) is 6.36. The van der Waals surface area contributed by atoms with Crippen LogP contribution in [0.5, 0.6) is 5.75 Å². The fraction of sp³-hybridized carbons (Fsp3) is 0.435. The quantitative estimate of drug-likeness (QED) is 0.692. The Kier molecular flexibility index (Phi) is 4.57. The van der Waals surface area contributed by atoms with Gasteiger partial charge < -0.3 is 4.74 Å². The maximum atomic E-state index is 5.30. The van der Waals surface area contributed by atoms with E-state index in [1.807, 2.05) is 12.1 Å². The third kappa shape index (κ3) is 3.09. The van der Waals surface area contributed by atoms with Crippen LogP contribution in [-0.4, -0.2) is 59.0 Å². The predicted molar refractivity (Wildman–Crippen MR) is 112 cm³/mol. The molecule has 0 bridgehead atoms. The number of pyridine rings is 1. The van der Waals surface area contributed by atoms with Crippen LogP contribution in [0.2, 0.25) is 0 Å². The summed E-state index contributed by atoms with van der Waals surface area (Å²) in [5, 5.41) is 0. The lowest BCUT2D eigenvalue weighted by Gasteiger charge is -2.45. The number of benzene rings is 1. The van der Waals surface area contributed by atoms with Gasteiger partial charge in [-0.3, -0.25) is 14.2 Å². The van der Waals surface area contributed by atoms with Crippen LogP contribution in [0.3, 0.4) is 0 Å². The van der Waals surface area contributed by atoms with Crippen LogP contribution in [0.25, 0.3) is 16.9 Å². The van der Waals surface area contributed by atoms with Crippen molar-refractivity contribution in [1.29, 1.82) is 0 Å². The molecule has 0 N–H and O–H groups in total. The second-order valence-corrected chi connectivity index (χ2v) is 8.11. The summed E-state index contributed by atoms with van der Waals surface area (Å²) in [5.74, 6) is 0.877. The summed E-state index contributed by atoms with van der Waals surface area (Å²) in [6, 6.07) is 15.7. The van der Waals surface area contributed by atoms with Crippen molar-refractivity contribution >= 4 is 5.65 Å². The molecule has 5 nitrogen and oxygen atoms in total. The summed E-state index contributed by atoms with van der Waals surface area (Å²) in [7, 11) is 3.93. The molecule has 1 aromatic carbocycles.